The third-order valence-corrected chi connectivity index (χ3v) is 5.54. The van der Waals surface area contributed by atoms with Gasteiger partial charge in [0.05, 0.1) is 0 Å². The molecule has 1 aromatic heterocycles. The number of aromatic amines is 1. The van der Waals surface area contributed by atoms with Crippen molar-refractivity contribution < 1.29 is 22.0 Å². The summed E-state index contributed by atoms with van der Waals surface area (Å²) in [5, 5.41) is 0.955. The molecule has 0 unspecified atom stereocenters. The van der Waals surface area contributed by atoms with Crippen molar-refractivity contribution in [1.82, 2.24) is 9.29 Å². The highest BCUT2D eigenvalue weighted by atomic mass is 32.2. The smallest absolute Gasteiger partial charge is 0.200 e. The van der Waals surface area contributed by atoms with Crippen LogP contribution >= 0.6 is 11.9 Å². The van der Waals surface area contributed by atoms with Gasteiger partial charge in [-0.1, -0.05) is 18.2 Å². The van der Waals surface area contributed by atoms with Gasteiger partial charge in [0, 0.05) is 29.7 Å². The lowest BCUT2D eigenvalue weighted by atomic mass is 10.2. The summed E-state index contributed by atoms with van der Waals surface area (Å²) in [6, 6.07) is 7.60. The zero-order valence-electron chi connectivity index (χ0n) is 13.3. The molecule has 0 atom stereocenters. The highest BCUT2D eigenvalue weighted by Crippen LogP contribution is 2.41. The van der Waals surface area contributed by atoms with Crippen LogP contribution in [-0.4, -0.2) is 15.3 Å². The SMILES string of the molecule is Fc1c(F)c(F)c(SN(Cc2c[nH]c3ccccc23)C2CC2)c(F)c1F. The quantitative estimate of drug-likeness (QED) is 0.270. The van der Waals surface area contributed by atoms with Gasteiger partial charge < -0.3 is 4.98 Å². The van der Waals surface area contributed by atoms with E-state index in [1.165, 1.54) is 0 Å². The van der Waals surface area contributed by atoms with E-state index >= 15 is 0 Å². The number of nitrogens with zero attached hydrogens (tertiary/aromatic N) is 1. The number of fused-ring (bicyclic) bond motifs is 1. The summed E-state index contributed by atoms with van der Waals surface area (Å²) in [6.45, 7) is 0.318. The highest BCUT2D eigenvalue weighted by Gasteiger charge is 2.34. The third-order valence-electron chi connectivity index (χ3n) is 4.33. The molecule has 0 amide bonds. The Hall–Kier alpha value is -2.06. The lowest BCUT2D eigenvalue weighted by Gasteiger charge is -2.21. The zero-order valence-corrected chi connectivity index (χ0v) is 14.1. The van der Waals surface area contributed by atoms with Crippen molar-refractivity contribution >= 4 is 22.9 Å². The highest BCUT2D eigenvalue weighted by molar-refractivity contribution is 7.97. The van der Waals surface area contributed by atoms with Gasteiger partial charge in [-0.2, -0.15) is 0 Å². The van der Waals surface area contributed by atoms with E-state index in [0.29, 0.717) is 18.5 Å². The van der Waals surface area contributed by atoms with Crippen molar-refractivity contribution in [2.45, 2.75) is 30.3 Å². The van der Waals surface area contributed by atoms with Crippen LogP contribution in [0.4, 0.5) is 22.0 Å². The Morgan fingerprint density at radius 3 is 2.19 bits per heavy atom. The van der Waals surface area contributed by atoms with Crippen molar-refractivity contribution in [3.05, 3.63) is 65.1 Å². The van der Waals surface area contributed by atoms with E-state index in [1.807, 2.05) is 24.3 Å². The van der Waals surface area contributed by atoms with Gasteiger partial charge in [-0.3, -0.25) is 0 Å². The molecule has 136 valence electrons. The maximum absolute atomic E-state index is 14.0. The minimum atomic E-state index is -2.14. The van der Waals surface area contributed by atoms with E-state index in [4.69, 9.17) is 0 Å². The van der Waals surface area contributed by atoms with Crippen LogP contribution < -0.4 is 0 Å². The predicted molar refractivity (Wildman–Crippen MR) is 89.0 cm³/mol. The molecular formula is C18H13F5N2S. The van der Waals surface area contributed by atoms with Gasteiger partial charge in [0.25, 0.3) is 0 Å². The van der Waals surface area contributed by atoms with Gasteiger partial charge >= 0.3 is 0 Å². The molecule has 1 N–H and O–H groups in total. The van der Waals surface area contributed by atoms with Crippen LogP contribution in [0, 0.1) is 29.1 Å². The van der Waals surface area contributed by atoms with Crippen LogP contribution in [0.25, 0.3) is 10.9 Å². The van der Waals surface area contributed by atoms with Gasteiger partial charge in [0.2, 0.25) is 5.82 Å². The van der Waals surface area contributed by atoms with Crippen LogP contribution in [0.1, 0.15) is 18.4 Å². The zero-order chi connectivity index (χ0) is 18.4. The maximum Gasteiger partial charge on any atom is 0.200 e. The minimum Gasteiger partial charge on any atom is -0.361 e. The van der Waals surface area contributed by atoms with Crippen LogP contribution in [0.5, 0.6) is 0 Å². The summed E-state index contributed by atoms with van der Waals surface area (Å²) >= 11 is 0.579. The van der Waals surface area contributed by atoms with Crippen LogP contribution in [0.15, 0.2) is 35.4 Å². The van der Waals surface area contributed by atoms with Gasteiger partial charge in [-0.15, -0.1) is 0 Å². The number of hydrogen-bond acceptors (Lipinski definition) is 2. The van der Waals surface area contributed by atoms with Crippen molar-refractivity contribution in [1.29, 1.82) is 0 Å². The van der Waals surface area contributed by atoms with Crippen molar-refractivity contribution in [3.8, 4) is 0 Å². The fourth-order valence-corrected chi connectivity index (χ4v) is 3.95. The molecule has 0 radical (unpaired) electrons. The lowest BCUT2D eigenvalue weighted by Crippen LogP contribution is -2.19. The summed E-state index contributed by atoms with van der Waals surface area (Å²) in [6.07, 6.45) is 3.41. The average molecular weight is 384 g/mol. The normalized spacial score (nSPS) is 14.5. The molecule has 1 aliphatic rings. The number of benzene rings is 2. The molecule has 1 fully saturated rings. The second kappa shape index (κ2) is 6.59. The molecule has 26 heavy (non-hydrogen) atoms. The Balaban J connectivity index is 1.67. The molecule has 2 aromatic carbocycles. The minimum absolute atomic E-state index is 0.0311. The molecule has 8 heteroatoms. The third kappa shape index (κ3) is 2.97. The predicted octanol–water partition coefficient (Wildman–Crippen LogP) is 5.54. The Labute approximate surface area is 150 Å². The van der Waals surface area contributed by atoms with Crippen LogP contribution in [0.3, 0.4) is 0 Å². The Morgan fingerprint density at radius 2 is 1.54 bits per heavy atom. The number of para-hydroxylation sites is 1. The number of halogens is 5. The lowest BCUT2D eigenvalue weighted by molar-refractivity contribution is 0.358. The van der Waals surface area contributed by atoms with E-state index in [1.54, 1.807) is 10.5 Å². The Morgan fingerprint density at radius 1 is 0.923 bits per heavy atom. The standard InChI is InChI=1S/C18H13F5N2S/c19-13-14(20)16(22)18(17(23)15(13)21)26-25(10-5-6-10)8-9-7-24-12-4-2-1-3-11(9)12/h1-4,7,10,24H,5-6,8H2. The Bertz CT molecular complexity index is 954. The van der Waals surface area contributed by atoms with E-state index in [9.17, 15) is 22.0 Å². The first-order valence-corrected chi connectivity index (χ1v) is 8.75. The van der Waals surface area contributed by atoms with E-state index in [2.05, 4.69) is 4.98 Å². The van der Waals surface area contributed by atoms with Crippen molar-refractivity contribution in [2.75, 3.05) is 0 Å². The molecule has 3 aromatic rings. The van der Waals surface area contributed by atoms with Gasteiger partial charge in [0.1, 0.15) is 4.90 Å². The van der Waals surface area contributed by atoms with Crippen LogP contribution in [0.2, 0.25) is 0 Å². The van der Waals surface area contributed by atoms with E-state index in [0.717, 1.165) is 29.3 Å². The summed E-state index contributed by atoms with van der Waals surface area (Å²) in [4.78, 5) is 2.24. The molecular weight excluding hydrogens is 371 g/mol. The number of rotatable bonds is 5. The summed E-state index contributed by atoms with van der Waals surface area (Å²) in [5.41, 5.74) is 1.81. The average Bonchev–Trinajstić information content (AvgIpc) is 3.42. The number of hydrogen-bond donors (Lipinski definition) is 1. The van der Waals surface area contributed by atoms with Crippen molar-refractivity contribution in [2.24, 2.45) is 0 Å². The first-order valence-electron chi connectivity index (χ1n) is 7.98. The van der Waals surface area contributed by atoms with E-state index in [-0.39, 0.29) is 6.04 Å². The fraction of sp³-hybridized carbons (Fsp3) is 0.222. The summed E-state index contributed by atoms with van der Waals surface area (Å²) < 4.78 is 69.8. The second-order valence-corrected chi connectivity index (χ2v) is 7.22. The number of nitrogens with one attached hydrogen (secondary N) is 1. The molecule has 1 saturated carbocycles. The topological polar surface area (TPSA) is 19.0 Å². The maximum atomic E-state index is 14.0. The largest absolute Gasteiger partial charge is 0.361 e. The molecule has 0 aliphatic heterocycles. The molecule has 1 aliphatic carbocycles. The second-order valence-electron chi connectivity index (χ2n) is 6.16. The molecule has 2 nitrogen and oxygen atoms in total. The number of aromatic nitrogens is 1. The molecule has 0 saturated heterocycles. The fourth-order valence-electron chi connectivity index (χ4n) is 2.81. The van der Waals surface area contributed by atoms with Crippen LogP contribution in [-0.2, 0) is 6.54 Å². The van der Waals surface area contributed by atoms with Gasteiger partial charge in [-0.25, -0.2) is 26.3 Å². The molecule has 0 spiro atoms. The monoisotopic (exact) mass is 384 g/mol. The van der Waals surface area contributed by atoms with E-state index < -0.39 is 34.0 Å². The number of H-pyrrole nitrogens is 1. The summed E-state index contributed by atoms with van der Waals surface area (Å²) in [7, 11) is 0. The summed E-state index contributed by atoms with van der Waals surface area (Å²) in [5.74, 6) is -9.57. The Kier molecular flexibility index (Phi) is 4.40. The molecule has 4 rings (SSSR count). The van der Waals surface area contributed by atoms with Gasteiger partial charge in [-0.05, 0) is 36.4 Å². The van der Waals surface area contributed by atoms with Crippen molar-refractivity contribution in [3.63, 3.8) is 0 Å². The first-order chi connectivity index (χ1) is 12.5. The molecule has 1 heterocycles. The van der Waals surface area contributed by atoms with Gasteiger partial charge in [0.15, 0.2) is 23.3 Å². The molecule has 0 bridgehead atoms. The first kappa shape index (κ1) is 17.4.